The smallest absolute Gasteiger partial charge is 0.225 e. The number of anilines is 1. The minimum atomic E-state index is 0.686. The van der Waals surface area contributed by atoms with Gasteiger partial charge in [0, 0.05) is 43.4 Å². The fraction of sp³-hybridized carbons (Fsp3) is 0.200. The second kappa shape index (κ2) is 7.05. The monoisotopic (exact) mass is 390 g/mol. The molecule has 3 aromatic heterocycles. The van der Waals surface area contributed by atoms with Gasteiger partial charge in [0.25, 0.3) is 0 Å². The largest absolute Gasteiger partial charge is 0.342 e. The summed E-state index contributed by atoms with van der Waals surface area (Å²) in [5, 5.41) is 2.08. The number of aromatic nitrogens is 4. The number of benzene rings is 1. The molecular formula is C20H18N6OS. The van der Waals surface area contributed by atoms with Gasteiger partial charge in [-0.25, -0.2) is 15.0 Å². The maximum absolute atomic E-state index is 10.8. The van der Waals surface area contributed by atoms with Gasteiger partial charge in [-0.2, -0.15) is 0 Å². The lowest BCUT2D eigenvalue weighted by molar-refractivity contribution is -0.118. The van der Waals surface area contributed by atoms with Crippen LogP contribution in [0.1, 0.15) is 0 Å². The third-order valence-electron chi connectivity index (χ3n) is 4.95. The van der Waals surface area contributed by atoms with Crippen molar-refractivity contribution in [1.82, 2.24) is 24.8 Å². The molecule has 1 aliphatic rings. The number of hydrogen-bond acceptors (Lipinski definition) is 6. The van der Waals surface area contributed by atoms with Gasteiger partial charge in [-0.05, 0) is 29.1 Å². The summed E-state index contributed by atoms with van der Waals surface area (Å²) in [7, 11) is 0. The summed E-state index contributed by atoms with van der Waals surface area (Å²) in [5.41, 5.74) is 3.95. The van der Waals surface area contributed by atoms with E-state index in [1.165, 1.54) is 10.4 Å². The molecule has 0 spiro atoms. The highest BCUT2D eigenvalue weighted by molar-refractivity contribution is 7.13. The van der Waals surface area contributed by atoms with E-state index in [0.717, 1.165) is 41.9 Å². The molecule has 1 aromatic carbocycles. The van der Waals surface area contributed by atoms with Gasteiger partial charge in [-0.1, -0.05) is 12.1 Å². The van der Waals surface area contributed by atoms with Crippen LogP contribution in [-0.2, 0) is 4.79 Å². The van der Waals surface area contributed by atoms with Gasteiger partial charge < -0.3 is 14.8 Å². The van der Waals surface area contributed by atoms with E-state index >= 15 is 0 Å². The zero-order valence-electron chi connectivity index (χ0n) is 15.1. The van der Waals surface area contributed by atoms with Crippen molar-refractivity contribution in [2.75, 3.05) is 31.1 Å². The molecule has 4 heterocycles. The van der Waals surface area contributed by atoms with Crippen LogP contribution in [-0.4, -0.2) is 57.4 Å². The minimum Gasteiger partial charge on any atom is -0.342 e. The Labute approximate surface area is 165 Å². The molecule has 0 atom stereocenters. The van der Waals surface area contributed by atoms with Gasteiger partial charge >= 0.3 is 0 Å². The molecule has 0 unspecified atom stereocenters. The summed E-state index contributed by atoms with van der Waals surface area (Å²) >= 11 is 1.72. The van der Waals surface area contributed by atoms with Crippen LogP contribution < -0.4 is 4.90 Å². The van der Waals surface area contributed by atoms with Crippen LogP contribution in [0.25, 0.3) is 32.9 Å². The van der Waals surface area contributed by atoms with E-state index in [0.29, 0.717) is 19.0 Å². The molecule has 0 aliphatic carbocycles. The number of nitrogens with zero attached hydrogens (tertiary/aromatic N) is 5. The van der Waals surface area contributed by atoms with Crippen LogP contribution in [0.4, 0.5) is 5.95 Å². The van der Waals surface area contributed by atoms with Gasteiger partial charge in [0.1, 0.15) is 5.82 Å². The number of hydrogen-bond donors (Lipinski definition) is 1. The Balaban J connectivity index is 1.38. The number of amides is 1. The predicted octanol–water partition coefficient (Wildman–Crippen LogP) is 3.03. The molecule has 0 bridgehead atoms. The van der Waals surface area contributed by atoms with Crippen molar-refractivity contribution in [3.05, 3.63) is 48.1 Å². The van der Waals surface area contributed by atoms with Crippen molar-refractivity contribution < 1.29 is 4.79 Å². The van der Waals surface area contributed by atoms with E-state index in [2.05, 4.69) is 54.5 Å². The number of H-pyrrole nitrogens is 1. The Hall–Kier alpha value is -3.26. The highest BCUT2D eigenvalue weighted by Gasteiger charge is 2.18. The summed E-state index contributed by atoms with van der Waals surface area (Å²) in [6.07, 6.45) is 4.49. The number of imidazole rings is 1. The molecule has 1 saturated heterocycles. The topological polar surface area (TPSA) is 78.0 Å². The summed E-state index contributed by atoms with van der Waals surface area (Å²) in [5.74, 6) is 1.45. The normalized spacial score (nSPS) is 14.6. The number of fused-ring (bicyclic) bond motifs is 1. The summed E-state index contributed by atoms with van der Waals surface area (Å²) in [6.45, 7) is 2.89. The molecule has 5 rings (SSSR count). The molecule has 0 radical (unpaired) electrons. The lowest BCUT2D eigenvalue weighted by Crippen LogP contribution is -2.46. The van der Waals surface area contributed by atoms with Crippen molar-refractivity contribution in [2.45, 2.75) is 0 Å². The molecule has 1 amide bonds. The van der Waals surface area contributed by atoms with Gasteiger partial charge in [-0.3, -0.25) is 4.79 Å². The first-order valence-electron chi connectivity index (χ1n) is 9.10. The van der Waals surface area contributed by atoms with Crippen molar-refractivity contribution in [1.29, 1.82) is 0 Å². The van der Waals surface area contributed by atoms with Crippen LogP contribution in [0.15, 0.2) is 48.1 Å². The number of rotatable bonds is 4. The van der Waals surface area contributed by atoms with Crippen molar-refractivity contribution in [3.63, 3.8) is 0 Å². The maximum atomic E-state index is 10.8. The number of piperazine rings is 1. The van der Waals surface area contributed by atoms with E-state index in [-0.39, 0.29) is 0 Å². The number of aromatic amines is 1. The summed E-state index contributed by atoms with van der Waals surface area (Å²) in [4.78, 5) is 33.0. The highest BCUT2D eigenvalue weighted by atomic mass is 32.1. The third-order valence-corrected chi connectivity index (χ3v) is 5.86. The van der Waals surface area contributed by atoms with Crippen LogP contribution in [0.2, 0.25) is 0 Å². The molecule has 28 heavy (non-hydrogen) atoms. The van der Waals surface area contributed by atoms with E-state index < -0.39 is 0 Å². The molecule has 1 fully saturated rings. The second-order valence-corrected chi connectivity index (χ2v) is 7.64. The van der Waals surface area contributed by atoms with Gasteiger partial charge in [0.15, 0.2) is 0 Å². The van der Waals surface area contributed by atoms with Crippen molar-refractivity contribution in [2.24, 2.45) is 0 Å². The number of nitrogens with one attached hydrogen (secondary N) is 1. The van der Waals surface area contributed by atoms with E-state index in [9.17, 15) is 4.79 Å². The highest BCUT2D eigenvalue weighted by Crippen LogP contribution is 2.28. The molecule has 8 heteroatoms. The fourth-order valence-corrected chi connectivity index (χ4v) is 4.10. The van der Waals surface area contributed by atoms with Crippen LogP contribution in [0, 0.1) is 0 Å². The van der Waals surface area contributed by atoms with Gasteiger partial charge in [0.2, 0.25) is 12.4 Å². The standard InChI is InChI=1S/C20H18N6OS/c27-13-25-5-7-26(8-6-25)20-21-11-15(12-22-20)19-23-16-4-3-14(10-17(16)24-19)18-2-1-9-28-18/h1-4,9-13H,5-8H2,(H,23,24). The fourth-order valence-electron chi connectivity index (χ4n) is 3.38. The SMILES string of the molecule is O=CN1CCN(c2ncc(-c3nc4ccc(-c5cccs5)cc4[nH]3)cn2)CC1. The summed E-state index contributed by atoms with van der Waals surface area (Å²) in [6, 6.07) is 10.4. The third kappa shape index (κ3) is 3.11. The molecule has 7 nitrogen and oxygen atoms in total. The first-order chi connectivity index (χ1) is 13.8. The maximum Gasteiger partial charge on any atom is 0.225 e. The van der Waals surface area contributed by atoms with E-state index in [4.69, 9.17) is 0 Å². The van der Waals surface area contributed by atoms with Crippen LogP contribution in [0.5, 0.6) is 0 Å². The Kier molecular flexibility index (Phi) is 4.25. The molecule has 1 N–H and O–H groups in total. The van der Waals surface area contributed by atoms with E-state index in [1.807, 2.05) is 6.07 Å². The molecule has 0 saturated carbocycles. The Morgan fingerprint density at radius 1 is 1.04 bits per heavy atom. The second-order valence-electron chi connectivity index (χ2n) is 6.69. The minimum absolute atomic E-state index is 0.686. The Bertz CT molecular complexity index is 1100. The number of carbonyl (C=O) groups excluding carboxylic acids is 1. The number of carbonyl (C=O) groups is 1. The van der Waals surface area contributed by atoms with Gasteiger partial charge in [-0.15, -0.1) is 11.3 Å². The van der Waals surface area contributed by atoms with Crippen molar-refractivity contribution >= 4 is 34.7 Å². The average molecular weight is 390 g/mol. The first-order valence-corrected chi connectivity index (χ1v) is 9.98. The average Bonchev–Trinajstić information content (AvgIpc) is 3.43. The Morgan fingerprint density at radius 3 is 2.57 bits per heavy atom. The van der Waals surface area contributed by atoms with Crippen LogP contribution >= 0.6 is 11.3 Å². The lowest BCUT2D eigenvalue weighted by Gasteiger charge is -2.32. The summed E-state index contributed by atoms with van der Waals surface area (Å²) < 4.78 is 0. The quantitative estimate of drug-likeness (QED) is 0.542. The molecule has 4 aromatic rings. The molecule has 140 valence electrons. The molecule has 1 aliphatic heterocycles. The first kappa shape index (κ1) is 16.9. The van der Waals surface area contributed by atoms with Crippen LogP contribution in [0.3, 0.4) is 0 Å². The van der Waals surface area contributed by atoms with Gasteiger partial charge in [0.05, 0.1) is 16.6 Å². The zero-order valence-corrected chi connectivity index (χ0v) is 15.9. The lowest BCUT2D eigenvalue weighted by atomic mass is 10.2. The Morgan fingerprint density at radius 2 is 1.86 bits per heavy atom. The van der Waals surface area contributed by atoms with Crippen molar-refractivity contribution in [3.8, 4) is 21.8 Å². The zero-order chi connectivity index (χ0) is 18.9. The predicted molar refractivity (Wildman–Crippen MR) is 110 cm³/mol. The number of thiophene rings is 1. The van der Waals surface area contributed by atoms with E-state index in [1.54, 1.807) is 28.6 Å². The molecular weight excluding hydrogens is 372 g/mol.